The van der Waals surface area contributed by atoms with Crippen LogP contribution in [0.4, 0.5) is 0 Å². The van der Waals surface area contributed by atoms with Gasteiger partial charge in [0.1, 0.15) is 12.1 Å². The predicted octanol–water partition coefficient (Wildman–Crippen LogP) is 2.73. The summed E-state index contributed by atoms with van der Waals surface area (Å²) in [6, 6.07) is 3.64. The van der Waals surface area contributed by atoms with Crippen LogP contribution >= 0.6 is 0 Å². The molecule has 0 atom stereocenters. The molecule has 0 aliphatic rings. The molecule has 6 heteroatoms. The normalized spacial score (nSPS) is 11.3. The maximum atomic E-state index is 5.46. The van der Waals surface area contributed by atoms with Crippen LogP contribution in [0.1, 0.15) is 20.8 Å². The van der Waals surface area contributed by atoms with E-state index in [0.29, 0.717) is 17.2 Å². The van der Waals surface area contributed by atoms with Gasteiger partial charge in [-0.2, -0.15) is 0 Å². The van der Waals surface area contributed by atoms with E-state index < -0.39 is 0 Å². The number of aromatic nitrogens is 3. The third-order valence-electron chi connectivity index (χ3n) is 3.22. The first-order valence-corrected chi connectivity index (χ1v) is 6.63. The van der Waals surface area contributed by atoms with Crippen LogP contribution in [-0.2, 0) is 5.54 Å². The molecule has 0 radical (unpaired) electrons. The van der Waals surface area contributed by atoms with E-state index in [0.717, 1.165) is 11.4 Å². The topological polar surface area (TPSA) is 58.4 Å². The molecule has 114 valence electrons. The summed E-state index contributed by atoms with van der Waals surface area (Å²) in [6.07, 6.45) is 1.71. The van der Waals surface area contributed by atoms with Crippen LogP contribution in [0, 0.1) is 0 Å². The van der Waals surface area contributed by atoms with Crippen molar-refractivity contribution in [2.24, 2.45) is 0 Å². The Kier molecular flexibility index (Phi) is 4.06. The fourth-order valence-corrected chi connectivity index (χ4v) is 2.11. The highest BCUT2D eigenvalue weighted by Crippen LogP contribution is 2.40. The van der Waals surface area contributed by atoms with E-state index in [9.17, 15) is 0 Å². The van der Waals surface area contributed by atoms with Gasteiger partial charge in [0, 0.05) is 11.6 Å². The fourth-order valence-electron chi connectivity index (χ4n) is 2.11. The Balaban J connectivity index is 2.66. The first kappa shape index (κ1) is 15.2. The number of nitrogens with zero attached hydrogens (tertiary/aromatic N) is 3. The van der Waals surface area contributed by atoms with Crippen molar-refractivity contribution in [3.63, 3.8) is 0 Å². The average Bonchev–Trinajstić information content (AvgIpc) is 2.95. The number of rotatable bonds is 4. The molecule has 1 aromatic heterocycles. The Morgan fingerprint density at radius 1 is 0.905 bits per heavy atom. The number of ether oxygens (including phenoxy) is 3. The van der Waals surface area contributed by atoms with Crippen LogP contribution in [0.25, 0.3) is 11.4 Å². The first-order valence-electron chi connectivity index (χ1n) is 6.63. The van der Waals surface area contributed by atoms with Gasteiger partial charge in [0.15, 0.2) is 17.3 Å². The van der Waals surface area contributed by atoms with E-state index >= 15 is 0 Å². The van der Waals surface area contributed by atoms with Gasteiger partial charge in [0.25, 0.3) is 0 Å². The van der Waals surface area contributed by atoms with Crippen LogP contribution in [0.15, 0.2) is 18.5 Å². The quantitative estimate of drug-likeness (QED) is 0.867. The van der Waals surface area contributed by atoms with E-state index in [2.05, 4.69) is 31.0 Å². The monoisotopic (exact) mass is 291 g/mol. The number of hydrogen-bond donors (Lipinski definition) is 0. The zero-order valence-corrected chi connectivity index (χ0v) is 13.3. The molecule has 2 rings (SSSR count). The lowest BCUT2D eigenvalue weighted by atomic mass is 10.1. The zero-order valence-electron chi connectivity index (χ0n) is 13.3. The second-order valence-corrected chi connectivity index (χ2v) is 5.60. The SMILES string of the molecule is COc1cc(OC)c(-c2nncn2C(C)(C)C)cc1OC. The van der Waals surface area contributed by atoms with Gasteiger partial charge in [-0.1, -0.05) is 0 Å². The summed E-state index contributed by atoms with van der Waals surface area (Å²) in [5.41, 5.74) is 0.666. The highest BCUT2D eigenvalue weighted by atomic mass is 16.5. The number of benzene rings is 1. The Morgan fingerprint density at radius 3 is 2.00 bits per heavy atom. The van der Waals surface area contributed by atoms with Crippen LogP contribution in [-0.4, -0.2) is 36.1 Å². The molecule has 0 amide bonds. The van der Waals surface area contributed by atoms with Crippen molar-refractivity contribution in [1.29, 1.82) is 0 Å². The fraction of sp³-hybridized carbons (Fsp3) is 0.467. The van der Waals surface area contributed by atoms with E-state index in [-0.39, 0.29) is 5.54 Å². The standard InChI is InChI=1S/C15H21N3O3/c1-15(2,3)18-9-16-17-14(18)10-7-12(20-5)13(21-6)8-11(10)19-4/h7-9H,1-6H3. The molecule has 0 aliphatic carbocycles. The van der Waals surface area contributed by atoms with Crippen molar-refractivity contribution >= 4 is 0 Å². The summed E-state index contributed by atoms with van der Waals surface area (Å²) in [5.74, 6) is 2.61. The lowest BCUT2D eigenvalue weighted by Gasteiger charge is -2.23. The molecule has 0 fully saturated rings. The molecule has 0 bridgehead atoms. The van der Waals surface area contributed by atoms with Crippen LogP contribution in [0.3, 0.4) is 0 Å². The summed E-state index contributed by atoms with van der Waals surface area (Å²) < 4.78 is 18.1. The summed E-state index contributed by atoms with van der Waals surface area (Å²) in [4.78, 5) is 0. The van der Waals surface area contributed by atoms with Gasteiger partial charge in [-0.15, -0.1) is 10.2 Å². The van der Waals surface area contributed by atoms with Gasteiger partial charge in [-0.3, -0.25) is 0 Å². The minimum absolute atomic E-state index is 0.142. The van der Waals surface area contributed by atoms with E-state index in [1.54, 1.807) is 33.7 Å². The largest absolute Gasteiger partial charge is 0.496 e. The van der Waals surface area contributed by atoms with Gasteiger partial charge in [0.05, 0.1) is 26.9 Å². The molecule has 0 saturated heterocycles. The molecule has 0 aliphatic heterocycles. The third kappa shape index (κ3) is 2.79. The Bertz CT molecular complexity index is 630. The summed E-state index contributed by atoms with van der Waals surface area (Å²) in [7, 11) is 4.81. The van der Waals surface area contributed by atoms with Gasteiger partial charge >= 0.3 is 0 Å². The minimum Gasteiger partial charge on any atom is -0.496 e. The number of methoxy groups -OCH3 is 3. The van der Waals surface area contributed by atoms with Gasteiger partial charge < -0.3 is 18.8 Å². The Labute approximate surface area is 124 Å². The van der Waals surface area contributed by atoms with Gasteiger partial charge in [0.2, 0.25) is 0 Å². The van der Waals surface area contributed by atoms with Crippen molar-refractivity contribution in [3.05, 3.63) is 18.5 Å². The van der Waals surface area contributed by atoms with Crippen LogP contribution in [0.5, 0.6) is 17.2 Å². The molecule has 0 unspecified atom stereocenters. The van der Waals surface area contributed by atoms with Gasteiger partial charge in [-0.25, -0.2) is 0 Å². The second kappa shape index (κ2) is 5.63. The van der Waals surface area contributed by atoms with Crippen molar-refractivity contribution in [2.75, 3.05) is 21.3 Å². The molecule has 6 nitrogen and oxygen atoms in total. The summed E-state index contributed by atoms with van der Waals surface area (Å²) in [5, 5.41) is 8.25. The summed E-state index contributed by atoms with van der Waals surface area (Å²) in [6.45, 7) is 6.27. The second-order valence-electron chi connectivity index (χ2n) is 5.60. The van der Waals surface area contributed by atoms with Crippen LogP contribution < -0.4 is 14.2 Å². The third-order valence-corrected chi connectivity index (χ3v) is 3.22. The Hall–Kier alpha value is -2.24. The van der Waals surface area contributed by atoms with Crippen molar-refractivity contribution < 1.29 is 14.2 Å². The van der Waals surface area contributed by atoms with Gasteiger partial charge in [-0.05, 0) is 26.8 Å². The molecular formula is C15H21N3O3. The lowest BCUT2D eigenvalue weighted by molar-refractivity contribution is 0.349. The molecule has 0 saturated carbocycles. The van der Waals surface area contributed by atoms with E-state index in [1.165, 1.54) is 0 Å². The highest BCUT2D eigenvalue weighted by Gasteiger charge is 2.23. The molecule has 0 spiro atoms. The maximum absolute atomic E-state index is 5.46. The average molecular weight is 291 g/mol. The minimum atomic E-state index is -0.142. The predicted molar refractivity (Wildman–Crippen MR) is 80.1 cm³/mol. The van der Waals surface area contributed by atoms with Crippen molar-refractivity contribution in [3.8, 4) is 28.6 Å². The highest BCUT2D eigenvalue weighted by molar-refractivity contribution is 5.69. The molecule has 1 aromatic carbocycles. The van der Waals surface area contributed by atoms with Crippen LogP contribution in [0.2, 0.25) is 0 Å². The first-order chi connectivity index (χ1) is 9.92. The Morgan fingerprint density at radius 2 is 1.48 bits per heavy atom. The molecule has 1 heterocycles. The number of hydrogen-bond acceptors (Lipinski definition) is 5. The molecular weight excluding hydrogens is 270 g/mol. The maximum Gasteiger partial charge on any atom is 0.168 e. The smallest absolute Gasteiger partial charge is 0.168 e. The zero-order chi connectivity index (χ0) is 15.6. The molecule has 2 aromatic rings. The lowest BCUT2D eigenvalue weighted by Crippen LogP contribution is -2.22. The molecule has 21 heavy (non-hydrogen) atoms. The molecule has 0 N–H and O–H groups in total. The van der Waals surface area contributed by atoms with E-state index in [1.807, 2.05) is 10.6 Å². The van der Waals surface area contributed by atoms with E-state index in [4.69, 9.17) is 14.2 Å². The van der Waals surface area contributed by atoms with Crippen molar-refractivity contribution in [2.45, 2.75) is 26.3 Å². The van der Waals surface area contributed by atoms with Crippen molar-refractivity contribution in [1.82, 2.24) is 14.8 Å². The summed E-state index contributed by atoms with van der Waals surface area (Å²) >= 11 is 0.